The number of benzene rings is 1. The van der Waals surface area contributed by atoms with Crippen molar-refractivity contribution < 1.29 is 0 Å². The normalized spacial score (nSPS) is 17.1. The van der Waals surface area contributed by atoms with Crippen molar-refractivity contribution in [2.75, 3.05) is 0 Å². The molecule has 2 N–H and O–H groups in total. The molecule has 17 heavy (non-hydrogen) atoms. The molecule has 1 aliphatic rings. The van der Waals surface area contributed by atoms with Gasteiger partial charge in [-0.3, -0.25) is 4.68 Å². The van der Waals surface area contributed by atoms with Crippen molar-refractivity contribution in [2.45, 2.75) is 18.4 Å². The van der Waals surface area contributed by atoms with Gasteiger partial charge in [-0.25, -0.2) is 0 Å². The molecule has 0 saturated heterocycles. The van der Waals surface area contributed by atoms with Crippen LogP contribution in [0.2, 0.25) is 5.02 Å². The van der Waals surface area contributed by atoms with Crippen LogP contribution in [0.4, 0.5) is 0 Å². The maximum Gasteiger partial charge on any atom is 0.0730 e. The molecule has 1 aromatic heterocycles. The van der Waals surface area contributed by atoms with E-state index in [1.165, 1.54) is 0 Å². The van der Waals surface area contributed by atoms with E-state index in [1.807, 2.05) is 42.2 Å². The Bertz CT molecular complexity index is 570. The SMILES string of the molecule is Cn1ncc(C2(N)CC2)c1-c1cccc(Cl)c1. The molecule has 0 atom stereocenters. The first kappa shape index (κ1) is 10.8. The molecule has 1 fully saturated rings. The fourth-order valence-corrected chi connectivity index (χ4v) is 2.37. The van der Waals surface area contributed by atoms with Crippen LogP contribution in [0.1, 0.15) is 18.4 Å². The third kappa shape index (κ3) is 1.75. The van der Waals surface area contributed by atoms with Gasteiger partial charge in [-0.05, 0) is 25.0 Å². The van der Waals surface area contributed by atoms with Crippen molar-refractivity contribution in [2.24, 2.45) is 12.8 Å². The van der Waals surface area contributed by atoms with E-state index < -0.39 is 0 Å². The molecule has 1 heterocycles. The van der Waals surface area contributed by atoms with Gasteiger partial charge < -0.3 is 5.73 Å². The van der Waals surface area contributed by atoms with Crippen molar-refractivity contribution in [3.63, 3.8) is 0 Å². The van der Waals surface area contributed by atoms with Crippen LogP contribution in [0.3, 0.4) is 0 Å². The molecule has 0 aliphatic heterocycles. The van der Waals surface area contributed by atoms with Gasteiger partial charge in [0.1, 0.15) is 0 Å². The summed E-state index contributed by atoms with van der Waals surface area (Å²) in [7, 11) is 1.94. The first-order valence-electron chi connectivity index (χ1n) is 5.67. The zero-order valence-electron chi connectivity index (χ0n) is 9.65. The summed E-state index contributed by atoms with van der Waals surface area (Å²) < 4.78 is 1.87. The van der Waals surface area contributed by atoms with Crippen molar-refractivity contribution in [3.05, 3.63) is 41.0 Å². The van der Waals surface area contributed by atoms with Crippen LogP contribution in [0.5, 0.6) is 0 Å². The van der Waals surface area contributed by atoms with E-state index in [4.69, 9.17) is 17.3 Å². The Morgan fingerprint density at radius 2 is 2.18 bits per heavy atom. The molecular weight excluding hydrogens is 234 g/mol. The van der Waals surface area contributed by atoms with Crippen molar-refractivity contribution in [1.29, 1.82) is 0 Å². The highest BCUT2D eigenvalue weighted by atomic mass is 35.5. The lowest BCUT2D eigenvalue weighted by atomic mass is 10.0. The lowest BCUT2D eigenvalue weighted by molar-refractivity contribution is 0.737. The number of aromatic nitrogens is 2. The summed E-state index contributed by atoms with van der Waals surface area (Å²) in [6, 6.07) is 7.81. The fraction of sp³-hybridized carbons (Fsp3) is 0.308. The smallest absolute Gasteiger partial charge is 0.0730 e. The van der Waals surface area contributed by atoms with Crippen LogP contribution in [-0.4, -0.2) is 9.78 Å². The predicted molar refractivity (Wildman–Crippen MR) is 68.8 cm³/mol. The molecule has 3 nitrogen and oxygen atoms in total. The second-order valence-electron chi connectivity index (χ2n) is 4.70. The molecule has 0 amide bonds. The summed E-state index contributed by atoms with van der Waals surface area (Å²) in [6.45, 7) is 0. The Kier molecular flexibility index (Phi) is 2.28. The molecule has 4 heteroatoms. The van der Waals surface area contributed by atoms with Crippen LogP contribution >= 0.6 is 11.6 Å². The average molecular weight is 248 g/mol. The predicted octanol–water partition coefficient (Wildman–Crippen LogP) is 2.69. The minimum Gasteiger partial charge on any atom is -0.321 e. The van der Waals surface area contributed by atoms with Crippen LogP contribution < -0.4 is 5.73 Å². The Hall–Kier alpha value is -1.32. The second-order valence-corrected chi connectivity index (χ2v) is 5.13. The number of rotatable bonds is 2. The zero-order chi connectivity index (χ0) is 12.0. The monoisotopic (exact) mass is 247 g/mol. The van der Waals surface area contributed by atoms with E-state index in [1.54, 1.807) is 0 Å². The molecule has 3 rings (SSSR count). The Morgan fingerprint density at radius 1 is 1.41 bits per heavy atom. The molecular formula is C13H14ClN3. The molecule has 2 aromatic rings. The van der Waals surface area contributed by atoms with Crippen LogP contribution in [0, 0.1) is 0 Å². The van der Waals surface area contributed by atoms with Gasteiger partial charge in [-0.1, -0.05) is 23.7 Å². The molecule has 1 aliphatic carbocycles. The van der Waals surface area contributed by atoms with Gasteiger partial charge in [0, 0.05) is 28.7 Å². The first-order chi connectivity index (χ1) is 8.10. The largest absolute Gasteiger partial charge is 0.321 e. The van der Waals surface area contributed by atoms with Crippen molar-refractivity contribution in [1.82, 2.24) is 9.78 Å². The number of nitrogens with two attached hydrogens (primary N) is 1. The van der Waals surface area contributed by atoms with E-state index in [0.29, 0.717) is 0 Å². The standard InChI is InChI=1S/C13H14ClN3/c1-17-12(9-3-2-4-10(14)7-9)11(8-16-17)13(15)5-6-13/h2-4,7-8H,5-6,15H2,1H3. The van der Waals surface area contributed by atoms with Gasteiger partial charge >= 0.3 is 0 Å². The van der Waals surface area contributed by atoms with Gasteiger partial charge in [0.05, 0.1) is 11.9 Å². The molecule has 0 bridgehead atoms. The molecule has 1 aromatic carbocycles. The second kappa shape index (κ2) is 3.59. The summed E-state index contributed by atoms with van der Waals surface area (Å²) in [4.78, 5) is 0. The Morgan fingerprint density at radius 3 is 2.82 bits per heavy atom. The van der Waals surface area contributed by atoms with Gasteiger partial charge in [0.2, 0.25) is 0 Å². The third-order valence-electron chi connectivity index (χ3n) is 3.36. The van der Waals surface area contributed by atoms with Gasteiger partial charge in [0.15, 0.2) is 0 Å². The first-order valence-corrected chi connectivity index (χ1v) is 6.05. The maximum atomic E-state index is 6.27. The fourth-order valence-electron chi connectivity index (χ4n) is 2.18. The Labute approximate surface area is 105 Å². The number of nitrogens with zero attached hydrogens (tertiary/aromatic N) is 2. The number of hydrogen-bond acceptors (Lipinski definition) is 2. The molecule has 0 unspecified atom stereocenters. The molecule has 88 valence electrons. The van der Waals surface area contributed by atoms with Crippen LogP contribution in [0.15, 0.2) is 30.5 Å². The summed E-state index contributed by atoms with van der Waals surface area (Å²) in [5.74, 6) is 0. The van der Waals surface area contributed by atoms with Crippen LogP contribution in [0.25, 0.3) is 11.3 Å². The van der Waals surface area contributed by atoms with Gasteiger partial charge in [-0.15, -0.1) is 0 Å². The molecule has 0 spiro atoms. The zero-order valence-corrected chi connectivity index (χ0v) is 10.4. The van der Waals surface area contributed by atoms with E-state index in [-0.39, 0.29) is 5.54 Å². The minimum atomic E-state index is -0.175. The molecule has 1 saturated carbocycles. The minimum absolute atomic E-state index is 0.175. The maximum absolute atomic E-state index is 6.27. The lowest BCUT2D eigenvalue weighted by Gasteiger charge is -2.11. The van der Waals surface area contributed by atoms with E-state index in [9.17, 15) is 0 Å². The summed E-state index contributed by atoms with van der Waals surface area (Å²) in [5.41, 5.74) is 9.37. The lowest BCUT2D eigenvalue weighted by Crippen LogP contribution is -2.19. The Balaban J connectivity index is 2.17. The molecule has 0 radical (unpaired) electrons. The van der Waals surface area contributed by atoms with Crippen LogP contribution in [-0.2, 0) is 12.6 Å². The number of hydrogen-bond donors (Lipinski definition) is 1. The van der Waals surface area contributed by atoms with E-state index in [0.717, 1.165) is 34.7 Å². The summed E-state index contributed by atoms with van der Waals surface area (Å²) >= 11 is 6.04. The quantitative estimate of drug-likeness (QED) is 0.887. The van der Waals surface area contributed by atoms with E-state index in [2.05, 4.69) is 5.10 Å². The highest BCUT2D eigenvalue weighted by Crippen LogP contribution is 2.46. The number of aryl methyl sites for hydroxylation is 1. The highest BCUT2D eigenvalue weighted by molar-refractivity contribution is 6.30. The topological polar surface area (TPSA) is 43.8 Å². The van der Waals surface area contributed by atoms with Gasteiger partial charge in [0.25, 0.3) is 0 Å². The van der Waals surface area contributed by atoms with Gasteiger partial charge in [-0.2, -0.15) is 5.10 Å². The third-order valence-corrected chi connectivity index (χ3v) is 3.60. The highest BCUT2D eigenvalue weighted by Gasteiger charge is 2.43. The van der Waals surface area contributed by atoms with Crippen molar-refractivity contribution in [3.8, 4) is 11.3 Å². The summed E-state index contributed by atoms with van der Waals surface area (Å²) in [6.07, 6.45) is 3.95. The average Bonchev–Trinajstić information content (AvgIpc) is 2.90. The summed E-state index contributed by atoms with van der Waals surface area (Å²) in [5, 5.41) is 5.06. The van der Waals surface area contributed by atoms with E-state index >= 15 is 0 Å². The van der Waals surface area contributed by atoms with Crippen molar-refractivity contribution >= 4 is 11.6 Å². The number of halogens is 1.